The number of carboxylic acid groups (broad SMARTS) is 1. The van der Waals surface area contributed by atoms with E-state index >= 15 is 0 Å². The highest BCUT2D eigenvalue weighted by molar-refractivity contribution is 6.20. The molecule has 1 aliphatic rings. The molecule has 0 fully saturated rings. The van der Waals surface area contributed by atoms with E-state index in [1.807, 2.05) is 0 Å². The monoisotopic (exact) mass is 238 g/mol. The molecule has 2 rings (SSSR count). The fraction of sp³-hybridized carbons (Fsp3) is 0. The second kappa shape index (κ2) is 4.20. The number of benzene rings is 1. The fourth-order valence-corrected chi connectivity index (χ4v) is 1.36. The van der Waals surface area contributed by atoms with Crippen molar-refractivity contribution in [2.45, 2.75) is 0 Å². The van der Waals surface area contributed by atoms with Gasteiger partial charge < -0.3 is 5.11 Å². The van der Waals surface area contributed by atoms with E-state index in [1.54, 1.807) is 17.7 Å². The number of carbonyl (C=O) groups is 3. The van der Waals surface area contributed by atoms with Crippen LogP contribution in [0.2, 0.25) is 0 Å². The Balaban J connectivity index is 2.11. The summed E-state index contributed by atoms with van der Waals surface area (Å²) in [6, 6.07) is 6.13. The summed E-state index contributed by atoms with van der Waals surface area (Å²) in [5, 5.41) is 8.62. The number of rotatable bonds is 3. The smallest absolute Gasteiger partial charge is 0.448 e. The molecular weight excluding hydrogens is 232 g/mol. The van der Waals surface area contributed by atoms with Crippen LogP contribution in [0.5, 0.6) is 0 Å². The van der Waals surface area contributed by atoms with E-state index in [2.05, 4.69) is 9.88 Å². The normalized spacial score (nSPS) is 13.8. The fourth-order valence-electron chi connectivity index (χ4n) is 1.36. The van der Waals surface area contributed by atoms with Crippen molar-refractivity contribution in [3.63, 3.8) is 0 Å². The summed E-state index contributed by atoms with van der Waals surface area (Å²) in [5.41, 5.74) is 2.19. The summed E-state index contributed by atoms with van der Waals surface area (Å²) in [4.78, 5) is 40.9. The molecule has 8 heteroatoms. The lowest BCUT2D eigenvalue weighted by Gasteiger charge is -2.11. The molecule has 2 N–H and O–H groups in total. The highest BCUT2D eigenvalue weighted by Gasteiger charge is 2.36. The number of fused-ring (bicyclic) bond motifs is 1. The van der Waals surface area contributed by atoms with Gasteiger partial charge in [0.25, 0.3) is 11.8 Å². The molecule has 0 saturated heterocycles. The zero-order valence-corrected chi connectivity index (χ0v) is 8.25. The van der Waals surface area contributed by atoms with Crippen LogP contribution in [0.25, 0.3) is 0 Å². The van der Waals surface area contributed by atoms with E-state index in [0.717, 1.165) is 0 Å². The van der Waals surface area contributed by atoms with E-state index in [9.17, 15) is 14.4 Å². The SMILES string of the molecule is O=C(O)OONN1C(=O)c2ccccc2C1=O. The number of nitrogens with zero attached hydrogens (tertiary/aromatic N) is 1. The molecule has 0 atom stereocenters. The van der Waals surface area contributed by atoms with E-state index in [4.69, 9.17) is 5.11 Å². The highest BCUT2D eigenvalue weighted by atomic mass is 17.3. The van der Waals surface area contributed by atoms with Gasteiger partial charge in [-0.15, -0.1) is 0 Å². The first-order chi connectivity index (χ1) is 8.11. The third-order valence-corrected chi connectivity index (χ3v) is 2.04. The summed E-state index contributed by atoms with van der Waals surface area (Å²) in [6.45, 7) is 0. The number of hydrazine groups is 1. The van der Waals surface area contributed by atoms with Crippen LogP contribution >= 0.6 is 0 Å². The Morgan fingerprint density at radius 2 is 1.71 bits per heavy atom. The van der Waals surface area contributed by atoms with Gasteiger partial charge in [-0.05, 0) is 12.1 Å². The minimum atomic E-state index is -1.71. The number of hydrogen-bond acceptors (Lipinski definition) is 6. The van der Waals surface area contributed by atoms with Gasteiger partial charge in [0, 0.05) is 0 Å². The summed E-state index contributed by atoms with van der Waals surface area (Å²) < 4.78 is 0. The Bertz CT molecular complexity index is 465. The molecule has 88 valence electrons. The summed E-state index contributed by atoms with van der Waals surface area (Å²) in [7, 11) is 0. The van der Waals surface area contributed by atoms with Gasteiger partial charge in [0.1, 0.15) is 0 Å². The van der Waals surface area contributed by atoms with Crippen LogP contribution in [-0.2, 0) is 9.88 Å². The average molecular weight is 238 g/mol. The average Bonchev–Trinajstić information content (AvgIpc) is 2.54. The van der Waals surface area contributed by atoms with Crippen LogP contribution in [0.15, 0.2) is 24.3 Å². The molecular formula is C9H6N2O6. The maximum atomic E-state index is 11.6. The van der Waals surface area contributed by atoms with Crippen LogP contribution in [0.1, 0.15) is 20.7 Å². The molecule has 0 unspecified atom stereocenters. The Morgan fingerprint density at radius 3 is 2.18 bits per heavy atom. The topological polar surface area (TPSA) is 105 Å². The van der Waals surface area contributed by atoms with Crippen molar-refractivity contribution in [1.29, 1.82) is 0 Å². The Hall–Kier alpha value is -2.45. The maximum Gasteiger partial charge on any atom is 0.539 e. The minimum absolute atomic E-state index is 0.198. The molecule has 0 spiro atoms. The summed E-state index contributed by atoms with van der Waals surface area (Å²) in [6.07, 6.45) is -1.71. The van der Waals surface area contributed by atoms with Gasteiger partial charge in [-0.25, -0.2) is 9.68 Å². The van der Waals surface area contributed by atoms with Gasteiger partial charge in [0.05, 0.1) is 11.1 Å². The van der Waals surface area contributed by atoms with E-state index in [0.29, 0.717) is 5.01 Å². The number of amides is 2. The molecule has 1 aliphatic heterocycles. The van der Waals surface area contributed by atoms with Gasteiger partial charge in [-0.1, -0.05) is 22.7 Å². The number of carbonyl (C=O) groups excluding carboxylic acids is 2. The van der Waals surface area contributed by atoms with Gasteiger partial charge >= 0.3 is 6.16 Å². The van der Waals surface area contributed by atoms with E-state index in [-0.39, 0.29) is 11.1 Å². The minimum Gasteiger partial charge on any atom is -0.448 e. The van der Waals surface area contributed by atoms with Gasteiger partial charge in [-0.3, -0.25) is 9.59 Å². The molecule has 1 aromatic rings. The quantitative estimate of drug-likeness (QED) is 0.444. The van der Waals surface area contributed by atoms with Gasteiger partial charge in [-0.2, -0.15) is 5.01 Å². The largest absolute Gasteiger partial charge is 0.539 e. The van der Waals surface area contributed by atoms with Crippen molar-refractivity contribution in [2.75, 3.05) is 0 Å². The molecule has 1 aromatic carbocycles. The predicted molar refractivity (Wildman–Crippen MR) is 50.3 cm³/mol. The van der Waals surface area contributed by atoms with Crippen molar-refractivity contribution >= 4 is 18.0 Å². The maximum absolute atomic E-state index is 11.6. The van der Waals surface area contributed by atoms with Crippen molar-refractivity contribution in [3.05, 3.63) is 35.4 Å². The van der Waals surface area contributed by atoms with Crippen LogP contribution in [0.4, 0.5) is 4.79 Å². The van der Waals surface area contributed by atoms with Crippen LogP contribution < -0.4 is 5.59 Å². The van der Waals surface area contributed by atoms with Crippen molar-refractivity contribution < 1.29 is 29.4 Å². The first kappa shape index (κ1) is 11.0. The van der Waals surface area contributed by atoms with Crippen LogP contribution in [0, 0.1) is 0 Å². The summed E-state index contributed by atoms with van der Waals surface area (Å²) in [5.74, 6) is -1.31. The van der Waals surface area contributed by atoms with E-state index < -0.39 is 18.0 Å². The summed E-state index contributed by atoms with van der Waals surface area (Å²) >= 11 is 0. The molecule has 0 radical (unpaired) electrons. The lowest BCUT2D eigenvalue weighted by atomic mass is 10.1. The molecule has 17 heavy (non-hydrogen) atoms. The second-order valence-corrected chi connectivity index (χ2v) is 3.02. The molecule has 1 heterocycles. The second-order valence-electron chi connectivity index (χ2n) is 3.02. The Labute approximate surface area is 94.2 Å². The van der Waals surface area contributed by atoms with Gasteiger partial charge in [0.15, 0.2) is 0 Å². The standard InChI is InChI=1S/C9H6N2O6/c12-7-5-3-1-2-4-6(5)8(13)11(7)10-17-16-9(14)15/h1-4,10H,(H,14,15). The van der Waals surface area contributed by atoms with Crippen LogP contribution in [0.3, 0.4) is 0 Å². The lowest BCUT2D eigenvalue weighted by molar-refractivity contribution is -0.320. The first-order valence-corrected chi connectivity index (χ1v) is 4.41. The Kier molecular flexibility index (Phi) is 2.73. The van der Waals surface area contributed by atoms with Crippen LogP contribution in [-0.4, -0.2) is 28.1 Å². The van der Waals surface area contributed by atoms with Crippen molar-refractivity contribution in [1.82, 2.24) is 10.6 Å². The number of hydrogen-bond donors (Lipinski definition) is 2. The molecule has 0 aromatic heterocycles. The predicted octanol–water partition coefficient (Wildman–Crippen LogP) is 0.328. The van der Waals surface area contributed by atoms with E-state index in [1.165, 1.54) is 12.1 Å². The number of imide groups is 1. The third kappa shape index (κ3) is 1.94. The molecule has 0 saturated carbocycles. The highest BCUT2D eigenvalue weighted by Crippen LogP contribution is 2.20. The van der Waals surface area contributed by atoms with Crippen molar-refractivity contribution in [2.24, 2.45) is 0 Å². The molecule has 8 nitrogen and oxygen atoms in total. The van der Waals surface area contributed by atoms with Crippen molar-refractivity contribution in [3.8, 4) is 0 Å². The van der Waals surface area contributed by atoms with Gasteiger partial charge in [0.2, 0.25) is 0 Å². The lowest BCUT2D eigenvalue weighted by Crippen LogP contribution is -2.42. The first-order valence-electron chi connectivity index (χ1n) is 4.41. The third-order valence-electron chi connectivity index (χ3n) is 2.04. The Morgan fingerprint density at radius 1 is 1.18 bits per heavy atom. The molecule has 0 bridgehead atoms. The molecule has 0 aliphatic carbocycles. The zero-order chi connectivity index (χ0) is 12.4. The molecule has 2 amide bonds. The number of nitrogens with one attached hydrogen (secondary N) is 1. The zero-order valence-electron chi connectivity index (χ0n) is 8.25.